The molecule has 0 aliphatic carbocycles. The molecule has 0 saturated carbocycles. The Hall–Kier alpha value is -4.19. The van der Waals surface area contributed by atoms with E-state index < -0.39 is 29.4 Å². The predicted octanol–water partition coefficient (Wildman–Crippen LogP) is 2.96. The van der Waals surface area contributed by atoms with Crippen LogP contribution in [-0.2, 0) is 16.0 Å². The van der Waals surface area contributed by atoms with E-state index in [1.807, 2.05) is 24.3 Å². The van der Waals surface area contributed by atoms with Crippen molar-refractivity contribution in [2.24, 2.45) is 0 Å². The normalized spacial score (nSPS) is 16.4. The van der Waals surface area contributed by atoms with Crippen molar-refractivity contribution < 1.29 is 22.8 Å². The van der Waals surface area contributed by atoms with Crippen LogP contribution in [0.5, 0.6) is 0 Å². The molecule has 2 aromatic carbocycles. The molecular formula is C22H14FN5O5S. The second-order valence-electron chi connectivity index (χ2n) is 7.75. The summed E-state index contributed by atoms with van der Waals surface area (Å²) in [5, 5.41) is 10.8. The molecule has 1 fully saturated rings. The molecule has 0 spiro atoms. The molecule has 1 aliphatic rings. The average molecular weight is 479 g/mol. The molecule has 6 rings (SSSR count). The minimum Gasteiger partial charge on any atom is -0.418 e. The van der Waals surface area contributed by atoms with E-state index in [0.29, 0.717) is 5.01 Å². The summed E-state index contributed by atoms with van der Waals surface area (Å²) in [7, 11) is 0. The molecule has 170 valence electrons. The SMILES string of the molecule is O=C1CCC(n2c(=O)oc3ccc(Cc4nnc(-c5nc6ccccc6s5)o4)c(F)c32)C(=O)N1. The fourth-order valence-corrected chi connectivity index (χ4v) is 4.90. The number of oxazole rings is 1. The zero-order chi connectivity index (χ0) is 23.4. The van der Waals surface area contributed by atoms with Gasteiger partial charge in [0.2, 0.25) is 17.7 Å². The standard InChI is InChI=1S/C22H14FN5O5S/c23-17-10(9-16-26-27-20(33-16)21-24-11-3-1-2-4-14(11)34-21)5-7-13-18(17)28(22(31)32-13)12-6-8-15(29)25-19(12)30/h1-5,7,12H,6,8-9H2,(H,25,29,30). The number of nitrogens with one attached hydrogen (secondary N) is 1. The van der Waals surface area contributed by atoms with Gasteiger partial charge in [-0.3, -0.25) is 19.5 Å². The van der Waals surface area contributed by atoms with E-state index in [1.54, 1.807) is 0 Å². The van der Waals surface area contributed by atoms with E-state index in [1.165, 1.54) is 23.5 Å². The van der Waals surface area contributed by atoms with Crippen LogP contribution >= 0.6 is 11.3 Å². The third-order valence-corrected chi connectivity index (χ3v) is 6.63. The average Bonchev–Trinajstić information content (AvgIpc) is 3.52. The number of hydrogen-bond donors (Lipinski definition) is 1. The maximum atomic E-state index is 15.5. The Morgan fingerprint density at radius 1 is 1.12 bits per heavy atom. The lowest BCUT2D eigenvalue weighted by Gasteiger charge is -2.21. The van der Waals surface area contributed by atoms with Gasteiger partial charge in [-0.25, -0.2) is 14.2 Å². The van der Waals surface area contributed by atoms with Gasteiger partial charge in [-0.05, 0) is 30.2 Å². The lowest BCUT2D eigenvalue weighted by Crippen LogP contribution is -2.43. The smallest absolute Gasteiger partial charge is 0.418 e. The van der Waals surface area contributed by atoms with Crippen LogP contribution in [0.2, 0.25) is 0 Å². The molecule has 0 bridgehead atoms. The highest BCUT2D eigenvalue weighted by Gasteiger charge is 2.32. The molecule has 1 unspecified atom stereocenters. The molecule has 12 heteroatoms. The van der Waals surface area contributed by atoms with Crippen LogP contribution in [0.4, 0.5) is 4.39 Å². The Bertz CT molecular complexity index is 1630. The zero-order valence-electron chi connectivity index (χ0n) is 17.3. The molecule has 34 heavy (non-hydrogen) atoms. The lowest BCUT2D eigenvalue weighted by atomic mass is 10.0. The highest BCUT2D eigenvalue weighted by atomic mass is 32.1. The van der Waals surface area contributed by atoms with Crippen molar-refractivity contribution >= 4 is 44.5 Å². The van der Waals surface area contributed by atoms with E-state index in [4.69, 9.17) is 8.83 Å². The maximum absolute atomic E-state index is 15.5. The van der Waals surface area contributed by atoms with Crippen molar-refractivity contribution in [1.82, 2.24) is 25.1 Å². The molecule has 10 nitrogen and oxygen atoms in total. The zero-order valence-corrected chi connectivity index (χ0v) is 18.1. The molecule has 4 heterocycles. The maximum Gasteiger partial charge on any atom is 0.420 e. The third kappa shape index (κ3) is 3.30. The molecular weight excluding hydrogens is 465 g/mol. The van der Waals surface area contributed by atoms with Crippen LogP contribution in [0, 0.1) is 5.82 Å². The predicted molar refractivity (Wildman–Crippen MR) is 118 cm³/mol. The molecule has 5 aromatic rings. The van der Waals surface area contributed by atoms with Crippen LogP contribution in [0.25, 0.3) is 32.2 Å². The van der Waals surface area contributed by atoms with Gasteiger partial charge >= 0.3 is 5.76 Å². The first-order valence-electron chi connectivity index (χ1n) is 10.3. The van der Waals surface area contributed by atoms with Crippen molar-refractivity contribution in [2.45, 2.75) is 25.3 Å². The summed E-state index contributed by atoms with van der Waals surface area (Å²) in [5.74, 6) is -2.36. The number of amides is 2. The van der Waals surface area contributed by atoms with Crippen LogP contribution in [0.15, 0.2) is 50.0 Å². The summed E-state index contributed by atoms with van der Waals surface area (Å²) in [6, 6.07) is 9.46. The van der Waals surface area contributed by atoms with Crippen LogP contribution in [-0.4, -0.2) is 31.6 Å². The molecule has 1 N–H and O–H groups in total. The monoisotopic (exact) mass is 479 g/mol. The van der Waals surface area contributed by atoms with E-state index in [2.05, 4.69) is 20.5 Å². The van der Waals surface area contributed by atoms with E-state index in [9.17, 15) is 14.4 Å². The molecule has 1 saturated heterocycles. The summed E-state index contributed by atoms with van der Waals surface area (Å²) >= 11 is 1.40. The highest BCUT2D eigenvalue weighted by molar-refractivity contribution is 7.21. The first kappa shape index (κ1) is 20.4. The fourth-order valence-electron chi connectivity index (χ4n) is 4.02. The van der Waals surface area contributed by atoms with Gasteiger partial charge in [0.15, 0.2) is 16.4 Å². The van der Waals surface area contributed by atoms with Crippen molar-refractivity contribution in [3.8, 4) is 10.9 Å². The van der Waals surface area contributed by atoms with E-state index in [0.717, 1.165) is 14.8 Å². The van der Waals surface area contributed by atoms with Gasteiger partial charge in [0.25, 0.3) is 5.89 Å². The number of piperidine rings is 1. The van der Waals surface area contributed by atoms with Gasteiger partial charge in [-0.2, -0.15) is 0 Å². The first-order chi connectivity index (χ1) is 16.5. The minimum atomic E-state index is -1.05. The molecule has 0 radical (unpaired) electrons. The number of halogens is 1. The topological polar surface area (TPSA) is 133 Å². The number of carbonyl (C=O) groups excluding carboxylic acids is 2. The number of thiazole rings is 1. The number of fused-ring (bicyclic) bond motifs is 2. The second-order valence-corrected chi connectivity index (χ2v) is 8.79. The van der Waals surface area contributed by atoms with Crippen LogP contribution < -0.4 is 11.1 Å². The molecule has 1 aliphatic heterocycles. The summed E-state index contributed by atoms with van der Waals surface area (Å²) in [4.78, 5) is 40.7. The number of para-hydroxylation sites is 1. The van der Waals surface area contributed by atoms with Gasteiger partial charge in [-0.15, -0.1) is 21.5 Å². The lowest BCUT2D eigenvalue weighted by molar-refractivity contribution is -0.135. The van der Waals surface area contributed by atoms with E-state index in [-0.39, 0.29) is 47.7 Å². The Balaban J connectivity index is 1.35. The minimum absolute atomic E-state index is 0.00311. The fraction of sp³-hybridized carbons (Fsp3) is 0.182. The largest absolute Gasteiger partial charge is 0.420 e. The van der Waals surface area contributed by atoms with Gasteiger partial charge < -0.3 is 8.83 Å². The quantitative estimate of drug-likeness (QED) is 0.389. The Morgan fingerprint density at radius 3 is 2.79 bits per heavy atom. The second kappa shape index (κ2) is 7.70. The third-order valence-electron chi connectivity index (χ3n) is 5.60. The molecule has 1 atom stereocenters. The number of imide groups is 1. The summed E-state index contributed by atoms with van der Waals surface area (Å²) in [5.41, 5.74) is 0.832. The van der Waals surface area contributed by atoms with Crippen LogP contribution in [0.3, 0.4) is 0 Å². The molecule has 2 amide bonds. The number of rotatable bonds is 4. The van der Waals surface area contributed by atoms with E-state index >= 15 is 4.39 Å². The Morgan fingerprint density at radius 2 is 1.97 bits per heavy atom. The van der Waals surface area contributed by atoms with Crippen LogP contribution in [0.1, 0.15) is 30.3 Å². The van der Waals surface area contributed by atoms with Crippen molar-refractivity contribution in [3.05, 3.63) is 64.2 Å². The summed E-state index contributed by atoms with van der Waals surface area (Å²) in [6.45, 7) is 0. The van der Waals surface area contributed by atoms with Gasteiger partial charge in [-0.1, -0.05) is 18.2 Å². The first-order valence-corrected chi connectivity index (χ1v) is 11.1. The number of aromatic nitrogens is 4. The van der Waals surface area contributed by atoms with Crippen molar-refractivity contribution in [2.75, 3.05) is 0 Å². The summed E-state index contributed by atoms with van der Waals surface area (Å²) in [6.07, 6.45) is 0.0554. The van der Waals surface area contributed by atoms with Crippen molar-refractivity contribution in [1.29, 1.82) is 0 Å². The highest BCUT2D eigenvalue weighted by Crippen LogP contribution is 2.31. The molecule has 3 aromatic heterocycles. The Kier molecular flexibility index (Phi) is 4.62. The number of benzene rings is 2. The van der Waals surface area contributed by atoms with Crippen molar-refractivity contribution in [3.63, 3.8) is 0 Å². The number of carbonyl (C=O) groups is 2. The Labute approximate surface area is 193 Å². The number of hydrogen-bond acceptors (Lipinski definition) is 9. The summed E-state index contributed by atoms with van der Waals surface area (Å²) < 4.78 is 28.3. The van der Waals surface area contributed by atoms with Gasteiger partial charge in [0.05, 0.1) is 16.6 Å². The van der Waals surface area contributed by atoms with Gasteiger partial charge in [0.1, 0.15) is 11.6 Å². The van der Waals surface area contributed by atoms with Gasteiger partial charge in [0, 0.05) is 6.42 Å². The number of nitrogens with zero attached hydrogens (tertiary/aromatic N) is 4.